The van der Waals surface area contributed by atoms with Crippen LogP contribution in [0.1, 0.15) is 0 Å². The maximum Gasteiger partial charge on any atom is 0.125 e. The van der Waals surface area contributed by atoms with Crippen molar-refractivity contribution in [3.8, 4) is 0 Å². The summed E-state index contributed by atoms with van der Waals surface area (Å²) < 4.78 is 18.3. The number of nitrogens with zero attached hydrogens (tertiary/aromatic N) is 2. The lowest BCUT2D eigenvalue weighted by atomic mass is 10.2. The Labute approximate surface area is 98.5 Å². The van der Waals surface area contributed by atoms with Crippen LogP contribution in [0.4, 0.5) is 15.8 Å². The second-order valence-corrected chi connectivity index (χ2v) is 3.62. The molecule has 1 aromatic rings. The van der Waals surface area contributed by atoms with Gasteiger partial charge < -0.3 is 9.64 Å². The first-order valence-electron chi connectivity index (χ1n) is 5.01. The molecule has 1 fully saturated rings. The molecule has 84 valence electrons. The zero-order chi connectivity index (χ0) is 11.4. The first-order chi connectivity index (χ1) is 7.81. The van der Waals surface area contributed by atoms with Crippen molar-refractivity contribution in [3.63, 3.8) is 0 Å². The lowest BCUT2D eigenvalue weighted by Gasteiger charge is -2.29. The average molecular weight is 238 g/mol. The zero-order valence-electron chi connectivity index (χ0n) is 8.65. The average Bonchev–Trinajstić information content (AvgIpc) is 2.31. The molecule has 0 unspecified atom stereocenters. The Balaban J connectivity index is 2.34. The molecule has 1 aliphatic rings. The van der Waals surface area contributed by atoms with Crippen LogP contribution in [0.3, 0.4) is 0 Å². The Kier molecular flexibility index (Phi) is 3.62. The Bertz CT molecular complexity index is 426. The van der Waals surface area contributed by atoms with Crippen LogP contribution >= 0.6 is 12.2 Å². The van der Waals surface area contributed by atoms with Crippen molar-refractivity contribution in [1.82, 2.24) is 0 Å². The fraction of sp³-hybridized carbons (Fsp3) is 0.364. The second-order valence-electron chi connectivity index (χ2n) is 3.44. The molecule has 3 nitrogen and oxygen atoms in total. The fourth-order valence-electron chi connectivity index (χ4n) is 1.71. The van der Waals surface area contributed by atoms with Crippen LogP contribution in [-0.4, -0.2) is 31.5 Å². The molecule has 0 radical (unpaired) electrons. The van der Waals surface area contributed by atoms with Gasteiger partial charge in [-0.15, -0.1) is 0 Å². The van der Waals surface area contributed by atoms with Crippen LogP contribution in [0.2, 0.25) is 0 Å². The molecule has 1 heterocycles. The lowest BCUT2D eigenvalue weighted by Crippen LogP contribution is -2.36. The highest BCUT2D eigenvalue weighted by molar-refractivity contribution is 7.78. The summed E-state index contributed by atoms with van der Waals surface area (Å²) >= 11 is 4.56. The number of thiocarbonyl (C=S) groups is 1. The van der Waals surface area contributed by atoms with Gasteiger partial charge in [0.25, 0.3) is 0 Å². The van der Waals surface area contributed by atoms with Gasteiger partial charge in [-0.2, -0.15) is 4.99 Å². The number of ether oxygens (including phenoxy) is 1. The topological polar surface area (TPSA) is 24.8 Å². The smallest absolute Gasteiger partial charge is 0.125 e. The van der Waals surface area contributed by atoms with Crippen molar-refractivity contribution in [2.24, 2.45) is 4.99 Å². The van der Waals surface area contributed by atoms with E-state index in [9.17, 15) is 4.39 Å². The summed E-state index contributed by atoms with van der Waals surface area (Å²) in [4.78, 5) is 5.99. The van der Waals surface area contributed by atoms with Crippen LogP contribution in [0.15, 0.2) is 23.2 Å². The van der Waals surface area contributed by atoms with Gasteiger partial charge in [-0.3, -0.25) is 0 Å². The summed E-state index contributed by atoms with van der Waals surface area (Å²) in [6, 6.07) is 4.50. The van der Waals surface area contributed by atoms with Crippen LogP contribution in [-0.2, 0) is 4.74 Å². The molecule has 0 N–H and O–H groups in total. The van der Waals surface area contributed by atoms with Gasteiger partial charge in [-0.25, -0.2) is 4.39 Å². The number of benzene rings is 1. The molecule has 0 atom stereocenters. The highest BCUT2D eigenvalue weighted by atomic mass is 32.1. The highest BCUT2D eigenvalue weighted by Crippen LogP contribution is 2.29. The van der Waals surface area contributed by atoms with E-state index in [2.05, 4.69) is 27.3 Å². The molecule has 0 spiro atoms. The summed E-state index contributed by atoms with van der Waals surface area (Å²) in [5, 5.41) is 2.27. The van der Waals surface area contributed by atoms with Gasteiger partial charge >= 0.3 is 0 Å². The molecule has 1 saturated heterocycles. The number of rotatable bonds is 2. The highest BCUT2D eigenvalue weighted by Gasteiger charge is 2.14. The molecule has 1 aromatic carbocycles. The van der Waals surface area contributed by atoms with Crippen LogP contribution in [0, 0.1) is 5.82 Å². The Hall–Kier alpha value is -1.29. The molecule has 0 amide bonds. The first kappa shape index (κ1) is 11.2. The summed E-state index contributed by atoms with van der Waals surface area (Å²) in [5.41, 5.74) is 1.40. The normalized spacial score (nSPS) is 15.7. The molecule has 16 heavy (non-hydrogen) atoms. The van der Waals surface area contributed by atoms with E-state index in [0.29, 0.717) is 18.9 Å². The number of morpholine rings is 1. The predicted molar refractivity (Wildman–Crippen MR) is 64.1 cm³/mol. The maximum atomic E-state index is 13.1. The van der Waals surface area contributed by atoms with E-state index in [1.165, 1.54) is 12.1 Å². The molecule has 5 heteroatoms. The third-order valence-electron chi connectivity index (χ3n) is 2.46. The summed E-state index contributed by atoms with van der Waals surface area (Å²) in [5.74, 6) is -0.319. The van der Waals surface area contributed by atoms with Gasteiger partial charge in [0.15, 0.2) is 0 Å². The van der Waals surface area contributed by atoms with Gasteiger partial charge in [0.1, 0.15) is 11.5 Å². The van der Waals surface area contributed by atoms with Crippen molar-refractivity contribution in [1.29, 1.82) is 0 Å². The van der Waals surface area contributed by atoms with Crippen LogP contribution in [0.25, 0.3) is 0 Å². The number of hydrogen-bond acceptors (Lipinski definition) is 4. The van der Waals surface area contributed by atoms with Crippen molar-refractivity contribution >= 4 is 28.8 Å². The fourth-order valence-corrected chi connectivity index (χ4v) is 1.81. The molecule has 0 aliphatic carbocycles. The third-order valence-corrected chi connectivity index (χ3v) is 2.55. The van der Waals surface area contributed by atoms with E-state index >= 15 is 0 Å². The van der Waals surface area contributed by atoms with Crippen LogP contribution < -0.4 is 4.90 Å². The van der Waals surface area contributed by atoms with Gasteiger partial charge in [-0.1, -0.05) is 0 Å². The monoisotopic (exact) mass is 238 g/mol. The number of anilines is 1. The van der Waals surface area contributed by atoms with Gasteiger partial charge in [0.05, 0.1) is 24.1 Å². The Morgan fingerprint density at radius 2 is 2.12 bits per heavy atom. The first-order valence-corrected chi connectivity index (χ1v) is 5.42. The minimum Gasteiger partial charge on any atom is -0.378 e. The molecule has 0 saturated carbocycles. The summed E-state index contributed by atoms with van der Waals surface area (Å²) in [6.07, 6.45) is 0. The molecule has 2 rings (SSSR count). The minimum atomic E-state index is -0.319. The Morgan fingerprint density at radius 3 is 2.81 bits per heavy atom. The SMILES string of the molecule is Fc1ccc(N2CCOCC2)c(N=C=S)c1. The molecule has 0 aromatic heterocycles. The zero-order valence-corrected chi connectivity index (χ0v) is 9.47. The quantitative estimate of drug-likeness (QED) is 0.584. The molecular formula is C11H11FN2OS. The van der Waals surface area contributed by atoms with E-state index < -0.39 is 0 Å². The van der Waals surface area contributed by atoms with Gasteiger partial charge in [0, 0.05) is 19.2 Å². The van der Waals surface area contributed by atoms with E-state index in [-0.39, 0.29) is 5.82 Å². The number of isothiocyanates is 1. The van der Waals surface area contributed by atoms with Gasteiger partial charge in [-0.05, 0) is 24.4 Å². The van der Waals surface area contributed by atoms with Crippen molar-refractivity contribution in [2.75, 3.05) is 31.2 Å². The van der Waals surface area contributed by atoms with Crippen molar-refractivity contribution in [2.45, 2.75) is 0 Å². The minimum absolute atomic E-state index is 0.319. The predicted octanol–water partition coefficient (Wildman–Crippen LogP) is 2.40. The van der Waals surface area contributed by atoms with Gasteiger partial charge in [0.2, 0.25) is 0 Å². The molecular weight excluding hydrogens is 227 g/mol. The lowest BCUT2D eigenvalue weighted by molar-refractivity contribution is 0.123. The maximum absolute atomic E-state index is 13.1. The van der Waals surface area contributed by atoms with Crippen molar-refractivity contribution < 1.29 is 9.13 Å². The largest absolute Gasteiger partial charge is 0.378 e. The number of hydrogen-bond donors (Lipinski definition) is 0. The van der Waals surface area contributed by atoms with E-state index in [0.717, 1.165) is 18.8 Å². The second kappa shape index (κ2) is 5.16. The van der Waals surface area contributed by atoms with E-state index in [1.54, 1.807) is 6.07 Å². The third kappa shape index (κ3) is 2.44. The number of aliphatic imine (C=N–C) groups is 1. The summed E-state index contributed by atoms with van der Waals surface area (Å²) in [7, 11) is 0. The van der Waals surface area contributed by atoms with Crippen LogP contribution in [0.5, 0.6) is 0 Å². The molecule has 0 bridgehead atoms. The number of halogens is 1. The van der Waals surface area contributed by atoms with E-state index in [1.807, 2.05) is 0 Å². The van der Waals surface area contributed by atoms with Crippen molar-refractivity contribution in [3.05, 3.63) is 24.0 Å². The Morgan fingerprint density at radius 1 is 1.38 bits per heavy atom. The molecule has 1 aliphatic heterocycles. The standard InChI is InChI=1S/C11H11FN2OS/c12-9-1-2-11(10(7-9)13-8-16)14-3-5-15-6-4-14/h1-2,7H,3-6H2. The summed E-state index contributed by atoms with van der Waals surface area (Å²) in [6.45, 7) is 2.92. The van der Waals surface area contributed by atoms with E-state index in [4.69, 9.17) is 4.74 Å².